The molecule has 1 N–H and O–H groups in total. The van der Waals surface area contributed by atoms with Gasteiger partial charge in [0.05, 0.1) is 27.7 Å². The second-order valence-corrected chi connectivity index (χ2v) is 5.53. The predicted molar refractivity (Wildman–Crippen MR) is 76.1 cm³/mol. The molecule has 2 aromatic rings. The average molecular weight is 327 g/mol. The minimum absolute atomic E-state index is 0.319. The van der Waals surface area contributed by atoms with Crippen LogP contribution in [-0.4, -0.2) is 14.9 Å². The molecular weight excluding hydrogens is 311 g/mol. The standard InChI is InChI=1S/C14H16BrFN2O/c1-7-5-13(11(10(4)19)6-12(7)16)18-9(3)14(15)8(2)17-18/h5-6,10,19H,1-4H3. The summed E-state index contributed by atoms with van der Waals surface area (Å²) in [7, 11) is 0. The second kappa shape index (κ2) is 5.06. The van der Waals surface area contributed by atoms with Crippen molar-refractivity contribution in [2.45, 2.75) is 33.8 Å². The van der Waals surface area contributed by atoms with Crippen LogP contribution >= 0.6 is 15.9 Å². The molecule has 102 valence electrons. The van der Waals surface area contributed by atoms with Gasteiger partial charge in [-0.3, -0.25) is 0 Å². The largest absolute Gasteiger partial charge is 0.389 e. The molecule has 0 aliphatic carbocycles. The van der Waals surface area contributed by atoms with E-state index in [1.807, 2.05) is 13.8 Å². The van der Waals surface area contributed by atoms with Gasteiger partial charge >= 0.3 is 0 Å². The summed E-state index contributed by atoms with van der Waals surface area (Å²) < 4.78 is 16.3. The third-order valence-corrected chi connectivity index (χ3v) is 4.34. The molecule has 19 heavy (non-hydrogen) atoms. The highest BCUT2D eigenvalue weighted by atomic mass is 79.9. The van der Waals surface area contributed by atoms with E-state index in [1.165, 1.54) is 6.07 Å². The fraction of sp³-hybridized carbons (Fsp3) is 0.357. The average Bonchev–Trinajstić information content (AvgIpc) is 2.59. The number of halogens is 2. The molecule has 0 spiro atoms. The van der Waals surface area contributed by atoms with Gasteiger partial charge in [0.15, 0.2) is 0 Å². The lowest BCUT2D eigenvalue weighted by Crippen LogP contribution is -2.07. The van der Waals surface area contributed by atoms with Crippen LogP contribution in [0.3, 0.4) is 0 Å². The van der Waals surface area contributed by atoms with E-state index < -0.39 is 6.10 Å². The number of aliphatic hydroxyl groups excluding tert-OH is 1. The zero-order valence-electron chi connectivity index (χ0n) is 11.3. The van der Waals surface area contributed by atoms with Crippen molar-refractivity contribution in [3.63, 3.8) is 0 Å². The van der Waals surface area contributed by atoms with E-state index in [4.69, 9.17) is 0 Å². The van der Waals surface area contributed by atoms with Crippen LogP contribution in [-0.2, 0) is 0 Å². The van der Waals surface area contributed by atoms with E-state index in [-0.39, 0.29) is 5.82 Å². The van der Waals surface area contributed by atoms with Crippen molar-refractivity contribution in [1.29, 1.82) is 0 Å². The van der Waals surface area contributed by atoms with Gasteiger partial charge in [0, 0.05) is 5.56 Å². The smallest absolute Gasteiger partial charge is 0.126 e. The third-order valence-electron chi connectivity index (χ3n) is 3.19. The molecule has 0 bridgehead atoms. The molecule has 0 saturated heterocycles. The van der Waals surface area contributed by atoms with Crippen molar-refractivity contribution >= 4 is 15.9 Å². The van der Waals surface area contributed by atoms with Crippen LogP contribution in [0.25, 0.3) is 5.69 Å². The molecule has 0 saturated carbocycles. The first kappa shape index (κ1) is 14.2. The number of hydrogen-bond donors (Lipinski definition) is 1. The Morgan fingerprint density at radius 3 is 2.42 bits per heavy atom. The first-order valence-corrected chi connectivity index (χ1v) is 6.82. The van der Waals surface area contributed by atoms with E-state index in [1.54, 1.807) is 24.6 Å². The Balaban J connectivity index is 2.73. The van der Waals surface area contributed by atoms with Crippen LogP contribution in [0.1, 0.15) is 35.5 Å². The minimum Gasteiger partial charge on any atom is -0.389 e. The van der Waals surface area contributed by atoms with Crippen molar-refractivity contribution in [2.75, 3.05) is 0 Å². The summed E-state index contributed by atoms with van der Waals surface area (Å²) in [5.74, 6) is -0.319. The normalized spacial score (nSPS) is 12.8. The van der Waals surface area contributed by atoms with Crippen LogP contribution in [0.2, 0.25) is 0 Å². The SMILES string of the molecule is Cc1cc(-n2nc(C)c(Br)c2C)c(C(C)O)cc1F. The molecule has 2 rings (SSSR count). The molecule has 0 aliphatic rings. The van der Waals surface area contributed by atoms with Gasteiger partial charge < -0.3 is 5.11 Å². The molecule has 0 fully saturated rings. The second-order valence-electron chi connectivity index (χ2n) is 4.73. The Hall–Kier alpha value is -1.20. The van der Waals surface area contributed by atoms with E-state index in [0.29, 0.717) is 16.8 Å². The fourth-order valence-corrected chi connectivity index (χ4v) is 2.31. The molecule has 5 heteroatoms. The van der Waals surface area contributed by atoms with Gasteiger partial charge in [0.25, 0.3) is 0 Å². The molecular formula is C14H16BrFN2O. The Bertz CT molecular complexity index is 635. The van der Waals surface area contributed by atoms with Crippen molar-refractivity contribution in [3.05, 3.63) is 44.9 Å². The number of nitrogens with zero attached hydrogens (tertiary/aromatic N) is 2. The first-order valence-electron chi connectivity index (χ1n) is 6.03. The molecule has 1 aromatic carbocycles. The highest BCUT2D eigenvalue weighted by Gasteiger charge is 2.17. The van der Waals surface area contributed by atoms with Crippen LogP contribution in [0.15, 0.2) is 16.6 Å². The van der Waals surface area contributed by atoms with Crippen LogP contribution in [0, 0.1) is 26.6 Å². The minimum atomic E-state index is -0.757. The van der Waals surface area contributed by atoms with Gasteiger partial charge in [-0.2, -0.15) is 5.10 Å². The summed E-state index contributed by atoms with van der Waals surface area (Å²) in [6.45, 7) is 7.14. The summed E-state index contributed by atoms with van der Waals surface area (Å²) in [6, 6.07) is 3.09. The maximum Gasteiger partial charge on any atom is 0.126 e. The lowest BCUT2D eigenvalue weighted by atomic mass is 10.0. The fourth-order valence-electron chi connectivity index (χ4n) is 2.06. The van der Waals surface area contributed by atoms with Crippen molar-refractivity contribution in [2.24, 2.45) is 0 Å². The van der Waals surface area contributed by atoms with Crippen molar-refractivity contribution in [3.8, 4) is 5.69 Å². The maximum atomic E-state index is 13.7. The highest BCUT2D eigenvalue weighted by Crippen LogP contribution is 2.29. The first-order chi connectivity index (χ1) is 8.82. The van der Waals surface area contributed by atoms with E-state index in [0.717, 1.165) is 15.9 Å². The monoisotopic (exact) mass is 326 g/mol. The number of aromatic nitrogens is 2. The molecule has 0 aliphatic heterocycles. The van der Waals surface area contributed by atoms with Gasteiger partial charge in [-0.1, -0.05) is 0 Å². The molecule has 1 unspecified atom stereocenters. The van der Waals surface area contributed by atoms with Crippen molar-refractivity contribution < 1.29 is 9.50 Å². The molecule has 1 atom stereocenters. The Kier molecular flexibility index (Phi) is 3.78. The highest BCUT2D eigenvalue weighted by molar-refractivity contribution is 9.10. The third kappa shape index (κ3) is 2.44. The van der Waals surface area contributed by atoms with E-state index >= 15 is 0 Å². The van der Waals surface area contributed by atoms with Gasteiger partial charge in [-0.15, -0.1) is 0 Å². The Morgan fingerprint density at radius 2 is 1.95 bits per heavy atom. The maximum absolute atomic E-state index is 13.7. The number of aliphatic hydroxyl groups is 1. The van der Waals surface area contributed by atoms with Gasteiger partial charge in [0.1, 0.15) is 5.82 Å². The quantitative estimate of drug-likeness (QED) is 0.912. The summed E-state index contributed by atoms with van der Waals surface area (Å²) in [5.41, 5.74) is 3.55. The summed E-state index contributed by atoms with van der Waals surface area (Å²) >= 11 is 3.47. The molecule has 1 aromatic heterocycles. The van der Waals surface area contributed by atoms with Gasteiger partial charge in [-0.25, -0.2) is 9.07 Å². The zero-order valence-corrected chi connectivity index (χ0v) is 12.9. The lowest BCUT2D eigenvalue weighted by molar-refractivity contribution is 0.198. The van der Waals surface area contributed by atoms with Crippen LogP contribution in [0.5, 0.6) is 0 Å². The zero-order chi connectivity index (χ0) is 14.3. The number of hydrogen-bond acceptors (Lipinski definition) is 2. The van der Waals surface area contributed by atoms with Crippen LogP contribution in [0.4, 0.5) is 4.39 Å². The molecule has 0 radical (unpaired) electrons. The van der Waals surface area contributed by atoms with E-state index in [2.05, 4.69) is 21.0 Å². The van der Waals surface area contributed by atoms with Crippen LogP contribution < -0.4 is 0 Å². The molecule has 1 heterocycles. The molecule has 3 nitrogen and oxygen atoms in total. The van der Waals surface area contributed by atoms with Gasteiger partial charge in [-0.05, 0) is 61.3 Å². The number of rotatable bonds is 2. The van der Waals surface area contributed by atoms with Crippen molar-refractivity contribution in [1.82, 2.24) is 9.78 Å². The topological polar surface area (TPSA) is 38.0 Å². The number of aryl methyl sites for hydroxylation is 2. The summed E-state index contributed by atoms with van der Waals surface area (Å²) in [5, 5.41) is 14.3. The van der Waals surface area contributed by atoms with E-state index in [9.17, 15) is 9.50 Å². The Labute approximate surface area is 120 Å². The van der Waals surface area contributed by atoms with Gasteiger partial charge in [0.2, 0.25) is 0 Å². The lowest BCUT2D eigenvalue weighted by Gasteiger charge is -2.15. The number of benzene rings is 1. The summed E-state index contributed by atoms with van der Waals surface area (Å²) in [6.07, 6.45) is -0.757. The Morgan fingerprint density at radius 1 is 1.32 bits per heavy atom. The predicted octanol–water partition coefficient (Wildman–Crippen LogP) is 3.75. The molecule has 0 amide bonds. The summed E-state index contributed by atoms with van der Waals surface area (Å²) in [4.78, 5) is 0.